The molecule has 150 valence electrons. The Morgan fingerprint density at radius 3 is 2.45 bits per heavy atom. The second-order valence-electron chi connectivity index (χ2n) is 6.40. The summed E-state index contributed by atoms with van der Waals surface area (Å²) in [5.41, 5.74) is 1.92. The SMILES string of the molecule is Cc1ccc(S(=O)(=O)Nc2ccc(F)cc2)cc1C(=O)NCc1cccc(Cl)c1. The van der Waals surface area contributed by atoms with E-state index in [4.69, 9.17) is 11.6 Å². The van der Waals surface area contributed by atoms with Gasteiger partial charge in [0.15, 0.2) is 0 Å². The van der Waals surface area contributed by atoms with Crippen LogP contribution >= 0.6 is 11.6 Å². The van der Waals surface area contributed by atoms with E-state index in [0.29, 0.717) is 10.6 Å². The second kappa shape index (κ2) is 8.63. The van der Waals surface area contributed by atoms with Crippen LogP contribution in [0.2, 0.25) is 5.02 Å². The molecule has 2 N–H and O–H groups in total. The molecule has 0 radical (unpaired) electrons. The van der Waals surface area contributed by atoms with Crippen molar-refractivity contribution in [1.29, 1.82) is 0 Å². The summed E-state index contributed by atoms with van der Waals surface area (Å²) >= 11 is 5.94. The van der Waals surface area contributed by atoms with Crippen molar-refractivity contribution < 1.29 is 17.6 Å². The lowest BCUT2D eigenvalue weighted by Crippen LogP contribution is -2.24. The molecule has 0 bridgehead atoms. The van der Waals surface area contributed by atoms with Crippen molar-refractivity contribution in [3.63, 3.8) is 0 Å². The Morgan fingerprint density at radius 1 is 1.03 bits per heavy atom. The summed E-state index contributed by atoms with van der Waals surface area (Å²) in [6.45, 7) is 1.97. The molecule has 0 spiro atoms. The Morgan fingerprint density at radius 2 is 1.76 bits per heavy atom. The fourth-order valence-electron chi connectivity index (χ4n) is 2.67. The predicted molar refractivity (Wildman–Crippen MR) is 111 cm³/mol. The lowest BCUT2D eigenvalue weighted by atomic mass is 10.1. The average Bonchev–Trinajstić information content (AvgIpc) is 2.68. The van der Waals surface area contributed by atoms with Crippen LogP contribution in [-0.4, -0.2) is 14.3 Å². The fraction of sp³-hybridized carbons (Fsp3) is 0.0952. The van der Waals surface area contributed by atoms with E-state index in [1.54, 1.807) is 31.2 Å². The van der Waals surface area contributed by atoms with Gasteiger partial charge in [-0.3, -0.25) is 9.52 Å². The summed E-state index contributed by atoms with van der Waals surface area (Å²) in [6.07, 6.45) is 0. The monoisotopic (exact) mass is 432 g/mol. The summed E-state index contributed by atoms with van der Waals surface area (Å²) in [7, 11) is -3.94. The molecule has 0 aliphatic heterocycles. The van der Waals surface area contributed by atoms with Crippen LogP contribution in [0.1, 0.15) is 21.5 Å². The van der Waals surface area contributed by atoms with Gasteiger partial charge in [0.25, 0.3) is 15.9 Å². The highest BCUT2D eigenvalue weighted by molar-refractivity contribution is 7.92. The number of anilines is 1. The number of benzene rings is 3. The minimum atomic E-state index is -3.94. The third kappa shape index (κ3) is 5.34. The first-order valence-corrected chi connectivity index (χ1v) is 10.5. The number of amides is 1. The highest BCUT2D eigenvalue weighted by atomic mass is 35.5. The van der Waals surface area contributed by atoms with E-state index in [-0.39, 0.29) is 22.7 Å². The number of sulfonamides is 1. The van der Waals surface area contributed by atoms with Crippen molar-refractivity contribution in [3.05, 3.63) is 94.3 Å². The van der Waals surface area contributed by atoms with E-state index in [0.717, 1.165) is 17.7 Å². The lowest BCUT2D eigenvalue weighted by Gasteiger charge is -2.12. The maximum Gasteiger partial charge on any atom is 0.261 e. The minimum absolute atomic E-state index is 0.0691. The summed E-state index contributed by atoms with van der Waals surface area (Å²) in [5, 5.41) is 3.33. The first-order chi connectivity index (χ1) is 13.7. The van der Waals surface area contributed by atoms with Gasteiger partial charge in [-0.2, -0.15) is 0 Å². The van der Waals surface area contributed by atoms with Crippen LogP contribution in [0, 0.1) is 12.7 Å². The van der Waals surface area contributed by atoms with Gasteiger partial charge in [0.1, 0.15) is 5.82 Å². The predicted octanol–water partition coefficient (Wildman–Crippen LogP) is 4.52. The van der Waals surface area contributed by atoms with Crippen LogP contribution in [0.3, 0.4) is 0 Å². The van der Waals surface area contributed by atoms with Gasteiger partial charge in [-0.25, -0.2) is 12.8 Å². The lowest BCUT2D eigenvalue weighted by molar-refractivity contribution is 0.0950. The molecule has 0 saturated carbocycles. The van der Waals surface area contributed by atoms with E-state index in [9.17, 15) is 17.6 Å². The number of aryl methyl sites for hydroxylation is 1. The van der Waals surface area contributed by atoms with Crippen LogP contribution in [0.25, 0.3) is 0 Å². The van der Waals surface area contributed by atoms with E-state index >= 15 is 0 Å². The van der Waals surface area contributed by atoms with Crippen LogP contribution in [0.15, 0.2) is 71.6 Å². The second-order valence-corrected chi connectivity index (χ2v) is 8.52. The van der Waals surface area contributed by atoms with E-state index in [2.05, 4.69) is 10.0 Å². The largest absolute Gasteiger partial charge is 0.348 e. The molecule has 3 rings (SSSR count). The van der Waals surface area contributed by atoms with Crippen molar-refractivity contribution in [3.8, 4) is 0 Å². The molecule has 5 nitrogen and oxygen atoms in total. The number of carbonyl (C=O) groups excluding carboxylic acids is 1. The Labute approximate surface area is 173 Å². The molecule has 8 heteroatoms. The third-order valence-electron chi connectivity index (χ3n) is 4.20. The minimum Gasteiger partial charge on any atom is -0.348 e. The van der Waals surface area contributed by atoms with Gasteiger partial charge < -0.3 is 5.32 Å². The number of halogens is 2. The third-order valence-corrected chi connectivity index (χ3v) is 5.82. The average molecular weight is 433 g/mol. The Kier molecular flexibility index (Phi) is 6.20. The van der Waals surface area contributed by atoms with Crippen molar-refractivity contribution in [1.82, 2.24) is 5.32 Å². The molecule has 0 aliphatic rings. The maximum absolute atomic E-state index is 13.0. The normalized spacial score (nSPS) is 11.1. The molecule has 0 aromatic heterocycles. The van der Waals surface area contributed by atoms with Crippen LogP contribution < -0.4 is 10.0 Å². The summed E-state index contributed by atoms with van der Waals surface area (Å²) in [6, 6.07) is 16.3. The van der Waals surface area contributed by atoms with E-state index in [1.165, 1.54) is 24.3 Å². The van der Waals surface area contributed by atoms with Gasteiger partial charge in [-0.05, 0) is 66.6 Å². The van der Waals surface area contributed by atoms with E-state index in [1.807, 2.05) is 6.07 Å². The summed E-state index contributed by atoms with van der Waals surface area (Å²) in [5.74, 6) is -0.872. The first kappa shape index (κ1) is 20.8. The van der Waals surface area contributed by atoms with E-state index < -0.39 is 21.7 Å². The van der Waals surface area contributed by atoms with Crippen LogP contribution in [0.4, 0.5) is 10.1 Å². The van der Waals surface area contributed by atoms with Gasteiger partial charge in [-0.15, -0.1) is 0 Å². The Balaban J connectivity index is 1.79. The zero-order valence-electron chi connectivity index (χ0n) is 15.4. The summed E-state index contributed by atoms with van der Waals surface area (Å²) in [4.78, 5) is 12.5. The molecule has 3 aromatic carbocycles. The van der Waals surface area contributed by atoms with Gasteiger partial charge in [0.05, 0.1) is 4.90 Å². The van der Waals surface area contributed by atoms with Crippen molar-refractivity contribution in [2.24, 2.45) is 0 Å². The van der Waals surface area contributed by atoms with Gasteiger partial charge in [0.2, 0.25) is 0 Å². The van der Waals surface area contributed by atoms with Gasteiger partial charge >= 0.3 is 0 Å². The molecule has 0 fully saturated rings. The van der Waals surface area contributed by atoms with Gasteiger partial charge in [-0.1, -0.05) is 29.8 Å². The Bertz CT molecular complexity index is 1150. The number of hydrogen-bond acceptors (Lipinski definition) is 3. The number of carbonyl (C=O) groups is 1. The van der Waals surface area contributed by atoms with Crippen LogP contribution in [-0.2, 0) is 16.6 Å². The zero-order valence-corrected chi connectivity index (χ0v) is 17.0. The number of rotatable bonds is 6. The molecule has 29 heavy (non-hydrogen) atoms. The molecule has 0 atom stereocenters. The quantitative estimate of drug-likeness (QED) is 0.601. The molecule has 0 aliphatic carbocycles. The highest BCUT2D eigenvalue weighted by Gasteiger charge is 2.18. The van der Waals surface area contributed by atoms with Crippen molar-refractivity contribution >= 4 is 33.2 Å². The fourth-order valence-corrected chi connectivity index (χ4v) is 3.97. The molecule has 0 heterocycles. The Hall–Kier alpha value is -2.90. The first-order valence-electron chi connectivity index (χ1n) is 8.66. The van der Waals surface area contributed by atoms with Crippen molar-refractivity contribution in [2.75, 3.05) is 4.72 Å². The molecule has 0 saturated heterocycles. The standard InChI is InChI=1S/C21H18ClFN2O3S/c1-14-5-10-19(29(27,28)25-18-8-6-17(23)7-9-18)12-20(14)21(26)24-13-15-3-2-4-16(22)11-15/h2-12,25H,13H2,1H3,(H,24,26). The number of nitrogens with one attached hydrogen (secondary N) is 2. The molecule has 1 amide bonds. The smallest absolute Gasteiger partial charge is 0.261 e. The summed E-state index contributed by atoms with van der Waals surface area (Å²) < 4.78 is 40.7. The molecular formula is C21H18ClFN2O3S. The number of hydrogen-bond donors (Lipinski definition) is 2. The van der Waals surface area contributed by atoms with Gasteiger partial charge in [0, 0.05) is 22.8 Å². The molecular weight excluding hydrogens is 415 g/mol. The molecule has 0 unspecified atom stereocenters. The highest BCUT2D eigenvalue weighted by Crippen LogP contribution is 2.20. The zero-order chi connectivity index (χ0) is 21.0. The topological polar surface area (TPSA) is 75.3 Å². The maximum atomic E-state index is 13.0. The van der Waals surface area contributed by atoms with Crippen molar-refractivity contribution in [2.45, 2.75) is 18.4 Å². The van der Waals surface area contributed by atoms with Crippen LogP contribution in [0.5, 0.6) is 0 Å². The molecule has 3 aromatic rings.